The third-order valence-corrected chi connectivity index (χ3v) is 3.02. The van der Waals surface area contributed by atoms with E-state index in [9.17, 15) is 0 Å². The molecule has 0 unspecified atom stereocenters. The minimum Gasteiger partial charge on any atom is -0.481 e. The lowest BCUT2D eigenvalue weighted by Crippen LogP contribution is -2.07. The molecule has 1 aromatic carbocycles. The average Bonchev–Trinajstić information content (AvgIpc) is 3.08. The van der Waals surface area contributed by atoms with E-state index in [2.05, 4.69) is 20.4 Å². The van der Waals surface area contributed by atoms with Crippen molar-refractivity contribution in [3.8, 4) is 11.6 Å². The molecule has 6 nitrogen and oxygen atoms in total. The molecule has 0 saturated carbocycles. The molecule has 0 spiro atoms. The number of rotatable bonds is 5. The summed E-state index contributed by atoms with van der Waals surface area (Å²) >= 11 is 0. The normalized spacial score (nSPS) is 10.3. The number of methoxy groups -OCH3 is 1. The summed E-state index contributed by atoms with van der Waals surface area (Å²) in [6, 6.07) is 11.7. The van der Waals surface area contributed by atoms with Gasteiger partial charge >= 0.3 is 0 Å². The van der Waals surface area contributed by atoms with Crippen LogP contribution in [0.1, 0.15) is 5.56 Å². The highest BCUT2D eigenvalue weighted by Gasteiger charge is 2.05. The van der Waals surface area contributed by atoms with Crippen LogP contribution in [0.4, 0.5) is 5.95 Å². The monoisotopic (exact) mass is 281 g/mol. The zero-order valence-corrected chi connectivity index (χ0v) is 11.6. The smallest absolute Gasteiger partial charge is 0.226 e. The van der Waals surface area contributed by atoms with E-state index in [0.717, 1.165) is 11.3 Å². The first-order chi connectivity index (χ1) is 10.4. The van der Waals surface area contributed by atoms with Gasteiger partial charge in [0.25, 0.3) is 0 Å². The summed E-state index contributed by atoms with van der Waals surface area (Å²) in [6.45, 7) is 0.600. The second-order valence-electron chi connectivity index (χ2n) is 4.36. The Morgan fingerprint density at radius 1 is 1.14 bits per heavy atom. The molecule has 0 aliphatic carbocycles. The van der Waals surface area contributed by atoms with E-state index in [4.69, 9.17) is 4.74 Å². The Kier molecular flexibility index (Phi) is 3.77. The molecule has 0 radical (unpaired) electrons. The van der Waals surface area contributed by atoms with Crippen LogP contribution in [0.2, 0.25) is 0 Å². The predicted molar refractivity (Wildman–Crippen MR) is 79.5 cm³/mol. The molecule has 1 N–H and O–H groups in total. The Labute approximate surface area is 122 Å². The van der Waals surface area contributed by atoms with Crippen LogP contribution < -0.4 is 10.1 Å². The molecule has 0 amide bonds. The number of hydrogen-bond acceptors (Lipinski definition) is 5. The van der Waals surface area contributed by atoms with Crippen molar-refractivity contribution in [2.24, 2.45) is 0 Å². The minimum absolute atomic E-state index is 0.532. The van der Waals surface area contributed by atoms with Gasteiger partial charge in [0.05, 0.1) is 12.8 Å². The number of aromatic nitrogens is 4. The van der Waals surface area contributed by atoms with E-state index in [0.29, 0.717) is 18.4 Å². The predicted octanol–water partition coefficient (Wildman–Crippen LogP) is 2.28. The Hall–Kier alpha value is -2.89. The fraction of sp³-hybridized carbons (Fsp3) is 0.133. The van der Waals surface area contributed by atoms with Crippen molar-refractivity contribution in [1.82, 2.24) is 19.7 Å². The minimum atomic E-state index is 0.532. The largest absolute Gasteiger partial charge is 0.481 e. The zero-order chi connectivity index (χ0) is 14.5. The second kappa shape index (κ2) is 6.04. The van der Waals surface area contributed by atoms with Gasteiger partial charge in [0.15, 0.2) is 0 Å². The molecule has 0 bridgehead atoms. The van der Waals surface area contributed by atoms with Crippen molar-refractivity contribution >= 4 is 5.95 Å². The van der Waals surface area contributed by atoms with Gasteiger partial charge in [0, 0.05) is 31.2 Å². The first-order valence-electron chi connectivity index (χ1n) is 6.55. The maximum atomic E-state index is 5.08. The standard InChI is InChI=1S/C15H15N5O/c1-21-14-7-9-16-15(19-14)17-11-12-5-2-3-6-13(12)20-10-4-8-18-20/h2-10H,11H2,1H3,(H,16,17,19). The zero-order valence-electron chi connectivity index (χ0n) is 11.6. The number of para-hydroxylation sites is 1. The Morgan fingerprint density at radius 2 is 2.05 bits per heavy atom. The van der Waals surface area contributed by atoms with Crippen LogP contribution in [0.25, 0.3) is 5.69 Å². The summed E-state index contributed by atoms with van der Waals surface area (Å²) in [6.07, 6.45) is 5.34. The second-order valence-corrected chi connectivity index (χ2v) is 4.36. The summed E-state index contributed by atoms with van der Waals surface area (Å²) in [5.41, 5.74) is 2.13. The maximum absolute atomic E-state index is 5.08. The van der Waals surface area contributed by atoms with Crippen LogP contribution in [0.3, 0.4) is 0 Å². The first-order valence-corrected chi connectivity index (χ1v) is 6.55. The van der Waals surface area contributed by atoms with Crippen molar-refractivity contribution in [2.45, 2.75) is 6.54 Å². The lowest BCUT2D eigenvalue weighted by atomic mass is 10.2. The van der Waals surface area contributed by atoms with Gasteiger partial charge in [-0.2, -0.15) is 10.1 Å². The molecule has 0 aliphatic heterocycles. The quantitative estimate of drug-likeness (QED) is 0.777. The summed E-state index contributed by atoms with van der Waals surface area (Å²) in [5.74, 6) is 1.07. The SMILES string of the molecule is COc1ccnc(NCc2ccccc2-n2cccn2)n1. The molecule has 3 rings (SSSR count). The van der Waals surface area contributed by atoms with Crippen LogP contribution in [0, 0.1) is 0 Å². The molecule has 0 aliphatic rings. The topological polar surface area (TPSA) is 64.9 Å². The fourth-order valence-electron chi connectivity index (χ4n) is 2.01. The van der Waals surface area contributed by atoms with E-state index in [-0.39, 0.29) is 0 Å². The van der Waals surface area contributed by atoms with Gasteiger partial charge in [-0.25, -0.2) is 9.67 Å². The average molecular weight is 281 g/mol. The fourth-order valence-corrected chi connectivity index (χ4v) is 2.01. The van der Waals surface area contributed by atoms with E-state index >= 15 is 0 Å². The van der Waals surface area contributed by atoms with Crippen molar-refractivity contribution in [3.05, 3.63) is 60.6 Å². The highest BCUT2D eigenvalue weighted by molar-refractivity contribution is 5.42. The maximum Gasteiger partial charge on any atom is 0.226 e. The summed E-state index contributed by atoms with van der Waals surface area (Å²) in [5, 5.41) is 7.46. The van der Waals surface area contributed by atoms with Crippen molar-refractivity contribution in [1.29, 1.82) is 0 Å². The lowest BCUT2D eigenvalue weighted by molar-refractivity contribution is 0.397. The van der Waals surface area contributed by atoms with Gasteiger partial charge in [0.1, 0.15) is 0 Å². The molecule has 2 aromatic heterocycles. The van der Waals surface area contributed by atoms with Gasteiger partial charge in [-0.3, -0.25) is 0 Å². The molecular weight excluding hydrogens is 266 g/mol. The van der Waals surface area contributed by atoms with E-state index in [1.165, 1.54) is 0 Å². The molecule has 0 saturated heterocycles. The van der Waals surface area contributed by atoms with Crippen LogP contribution in [0.15, 0.2) is 55.0 Å². The Balaban J connectivity index is 1.79. The third kappa shape index (κ3) is 3.00. The van der Waals surface area contributed by atoms with Crippen LogP contribution in [-0.2, 0) is 6.54 Å². The van der Waals surface area contributed by atoms with Gasteiger partial charge < -0.3 is 10.1 Å². The van der Waals surface area contributed by atoms with E-state index in [1.54, 1.807) is 25.6 Å². The van der Waals surface area contributed by atoms with Gasteiger partial charge in [-0.05, 0) is 17.7 Å². The van der Waals surface area contributed by atoms with Gasteiger partial charge in [-0.15, -0.1) is 0 Å². The van der Waals surface area contributed by atoms with Crippen molar-refractivity contribution in [3.63, 3.8) is 0 Å². The molecule has 6 heteroatoms. The van der Waals surface area contributed by atoms with Gasteiger partial charge in [-0.1, -0.05) is 18.2 Å². The molecule has 3 aromatic rings. The van der Waals surface area contributed by atoms with Crippen LogP contribution in [-0.4, -0.2) is 26.9 Å². The number of ether oxygens (including phenoxy) is 1. The molecule has 0 fully saturated rings. The van der Waals surface area contributed by atoms with E-state index in [1.807, 2.05) is 41.2 Å². The van der Waals surface area contributed by atoms with Crippen molar-refractivity contribution in [2.75, 3.05) is 12.4 Å². The van der Waals surface area contributed by atoms with Crippen molar-refractivity contribution < 1.29 is 4.74 Å². The summed E-state index contributed by atoms with van der Waals surface area (Å²) in [7, 11) is 1.58. The number of anilines is 1. The Bertz CT molecular complexity index is 712. The summed E-state index contributed by atoms with van der Waals surface area (Å²) in [4.78, 5) is 8.40. The molecule has 0 atom stereocenters. The molecule has 21 heavy (non-hydrogen) atoms. The first kappa shape index (κ1) is 13.1. The summed E-state index contributed by atoms with van der Waals surface area (Å²) < 4.78 is 6.92. The van der Waals surface area contributed by atoms with Crippen LogP contribution >= 0.6 is 0 Å². The molecule has 2 heterocycles. The van der Waals surface area contributed by atoms with E-state index < -0.39 is 0 Å². The van der Waals surface area contributed by atoms with Crippen LogP contribution in [0.5, 0.6) is 5.88 Å². The third-order valence-electron chi connectivity index (χ3n) is 3.02. The number of nitrogens with zero attached hydrogens (tertiary/aromatic N) is 4. The number of hydrogen-bond donors (Lipinski definition) is 1. The molecular formula is C15H15N5O. The highest BCUT2D eigenvalue weighted by atomic mass is 16.5. The van der Waals surface area contributed by atoms with Gasteiger partial charge in [0.2, 0.25) is 11.8 Å². The highest BCUT2D eigenvalue weighted by Crippen LogP contribution is 2.15. The lowest BCUT2D eigenvalue weighted by Gasteiger charge is -2.10. The Morgan fingerprint density at radius 3 is 2.86 bits per heavy atom. The number of nitrogens with one attached hydrogen (secondary N) is 1. The number of benzene rings is 1. The molecule has 106 valence electrons.